The number of carbonyl (C=O) groups is 1. The number of halogens is 2. The second-order valence-corrected chi connectivity index (χ2v) is 5.95. The molecule has 0 aromatic heterocycles. The first-order valence-electron chi connectivity index (χ1n) is 7.81. The zero-order chi connectivity index (χ0) is 17.0. The first-order chi connectivity index (χ1) is 11.6. The van der Waals surface area contributed by atoms with Gasteiger partial charge in [0.15, 0.2) is 5.60 Å². The van der Waals surface area contributed by atoms with Gasteiger partial charge in [-0.2, -0.15) is 0 Å². The van der Waals surface area contributed by atoms with Crippen LogP contribution in [0.2, 0.25) is 0 Å². The minimum Gasteiger partial charge on any atom is -0.449 e. The number of hydrogen-bond acceptors (Lipinski definition) is 3. The van der Waals surface area contributed by atoms with Gasteiger partial charge in [0, 0.05) is 12.8 Å². The molecule has 3 nitrogen and oxygen atoms in total. The van der Waals surface area contributed by atoms with Gasteiger partial charge >= 0.3 is 5.97 Å². The standard InChI is InChI=1S/C19H18F2O3/c20-18(21)19(24-17(22)15-9-5-2-6-10-15)11-16(12-19)23-13-14-7-3-1-4-8-14/h1-10,16,18H,11-13H2. The summed E-state index contributed by atoms with van der Waals surface area (Å²) in [5.74, 6) is -0.725. The summed E-state index contributed by atoms with van der Waals surface area (Å²) in [7, 11) is 0. The van der Waals surface area contributed by atoms with Gasteiger partial charge in [-0.1, -0.05) is 48.5 Å². The minimum atomic E-state index is -2.73. The molecule has 0 unspecified atom stereocenters. The van der Waals surface area contributed by atoms with Crippen LogP contribution in [0.4, 0.5) is 8.78 Å². The molecular weight excluding hydrogens is 314 g/mol. The van der Waals surface area contributed by atoms with E-state index in [4.69, 9.17) is 9.47 Å². The number of hydrogen-bond donors (Lipinski definition) is 0. The predicted molar refractivity (Wildman–Crippen MR) is 84.8 cm³/mol. The van der Waals surface area contributed by atoms with Crippen molar-refractivity contribution in [3.05, 3.63) is 71.8 Å². The lowest BCUT2D eigenvalue weighted by Crippen LogP contribution is -2.56. The van der Waals surface area contributed by atoms with Crippen molar-refractivity contribution in [3.63, 3.8) is 0 Å². The molecule has 0 saturated heterocycles. The van der Waals surface area contributed by atoms with E-state index in [2.05, 4.69) is 0 Å². The van der Waals surface area contributed by atoms with E-state index in [-0.39, 0.29) is 24.5 Å². The van der Waals surface area contributed by atoms with Crippen molar-refractivity contribution >= 4 is 5.97 Å². The maximum atomic E-state index is 13.4. The van der Waals surface area contributed by atoms with Crippen LogP contribution in [0.15, 0.2) is 60.7 Å². The van der Waals surface area contributed by atoms with Gasteiger partial charge in [-0.15, -0.1) is 0 Å². The Morgan fingerprint density at radius 3 is 2.21 bits per heavy atom. The molecule has 1 fully saturated rings. The monoisotopic (exact) mass is 332 g/mol. The number of esters is 1. The Labute approximate surface area is 139 Å². The maximum absolute atomic E-state index is 13.4. The van der Waals surface area contributed by atoms with Crippen molar-refractivity contribution in [1.29, 1.82) is 0 Å². The minimum absolute atomic E-state index is 0.00999. The number of alkyl halides is 2. The van der Waals surface area contributed by atoms with E-state index in [1.807, 2.05) is 30.3 Å². The Bertz CT molecular complexity index is 668. The van der Waals surface area contributed by atoms with E-state index in [1.54, 1.807) is 30.3 Å². The fourth-order valence-electron chi connectivity index (χ4n) is 2.74. The maximum Gasteiger partial charge on any atom is 0.338 e. The third kappa shape index (κ3) is 3.62. The van der Waals surface area contributed by atoms with Crippen molar-refractivity contribution in [3.8, 4) is 0 Å². The Kier molecular flexibility index (Phi) is 4.90. The number of rotatable bonds is 6. The van der Waals surface area contributed by atoms with Gasteiger partial charge in [-0.05, 0) is 17.7 Å². The Morgan fingerprint density at radius 1 is 1.04 bits per heavy atom. The smallest absolute Gasteiger partial charge is 0.338 e. The molecule has 0 N–H and O–H groups in total. The van der Waals surface area contributed by atoms with Gasteiger partial charge in [0.1, 0.15) is 0 Å². The Hall–Kier alpha value is -2.27. The molecule has 1 aliphatic rings. The summed E-state index contributed by atoms with van der Waals surface area (Å²) in [6.07, 6.45) is -3.05. The molecule has 0 spiro atoms. The molecule has 1 saturated carbocycles. The van der Waals surface area contributed by atoms with Gasteiger partial charge in [-0.3, -0.25) is 0 Å². The van der Waals surface area contributed by atoms with Crippen LogP contribution >= 0.6 is 0 Å². The molecule has 24 heavy (non-hydrogen) atoms. The summed E-state index contributed by atoms with van der Waals surface area (Å²) in [5.41, 5.74) is -0.492. The third-order valence-electron chi connectivity index (χ3n) is 4.18. The number of benzene rings is 2. The van der Waals surface area contributed by atoms with E-state index in [0.29, 0.717) is 6.61 Å². The average Bonchev–Trinajstić information content (AvgIpc) is 2.58. The van der Waals surface area contributed by atoms with Crippen LogP contribution in [-0.2, 0) is 16.1 Å². The molecule has 0 atom stereocenters. The Morgan fingerprint density at radius 2 is 1.62 bits per heavy atom. The SMILES string of the molecule is O=C(OC1(C(F)F)CC(OCc2ccccc2)C1)c1ccccc1. The fraction of sp³-hybridized carbons (Fsp3) is 0.316. The Balaban J connectivity index is 1.56. The van der Waals surface area contributed by atoms with E-state index in [0.717, 1.165) is 5.56 Å². The van der Waals surface area contributed by atoms with Crippen LogP contribution in [0.25, 0.3) is 0 Å². The third-order valence-corrected chi connectivity index (χ3v) is 4.18. The van der Waals surface area contributed by atoms with Gasteiger partial charge in [-0.25, -0.2) is 13.6 Å². The van der Waals surface area contributed by atoms with Gasteiger partial charge in [0.2, 0.25) is 0 Å². The summed E-state index contributed by atoms with van der Waals surface area (Å²) in [6.45, 7) is 0.359. The van der Waals surface area contributed by atoms with Crippen LogP contribution in [0.3, 0.4) is 0 Å². The van der Waals surface area contributed by atoms with Crippen molar-refractivity contribution in [2.45, 2.75) is 37.6 Å². The van der Waals surface area contributed by atoms with E-state index in [1.165, 1.54) is 0 Å². The molecule has 5 heteroatoms. The molecule has 1 aliphatic carbocycles. The van der Waals surface area contributed by atoms with Crippen molar-refractivity contribution in [2.75, 3.05) is 0 Å². The highest BCUT2D eigenvalue weighted by molar-refractivity contribution is 5.89. The van der Waals surface area contributed by atoms with Crippen molar-refractivity contribution in [1.82, 2.24) is 0 Å². The quantitative estimate of drug-likeness (QED) is 0.743. The largest absolute Gasteiger partial charge is 0.449 e. The van der Waals surface area contributed by atoms with Crippen LogP contribution < -0.4 is 0 Å². The fourth-order valence-corrected chi connectivity index (χ4v) is 2.74. The summed E-state index contributed by atoms with van der Waals surface area (Å²) in [5, 5.41) is 0. The summed E-state index contributed by atoms with van der Waals surface area (Å²) in [4.78, 5) is 12.0. The van der Waals surface area contributed by atoms with Crippen molar-refractivity contribution < 1.29 is 23.0 Å². The second-order valence-electron chi connectivity index (χ2n) is 5.95. The van der Waals surface area contributed by atoms with E-state index < -0.39 is 18.0 Å². The number of carbonyl (C=O) groups excluding carboxylic acids is 1. The topological polar surface area (TPSA) is 35.5 Å². The highest BCUT2D eigenvalue weighted by atomic mass is 19.3. The molecule has 0 radical (unpaired) electrons. The molecule has 126 valence electrons. The summed E-state index contributed by atoms with van der Waals surface area (Å²) in [6, 6.07) is 17.7. The zero-order valence-corrected chi connectivity index (χ0v) is 13.0. The lowest BCUT2D eigenvalue weighted by Gasteiger charge is -2.45. The first kappa shape index (κ1) is 16.6. The molecule has 2 aromatic carbocycles. The molecule has 3 rings (SSSR count). The van der Waals surface area contributed by atoms with Gasteiger partial charge in [0.05, 0.1) is 18.3 Å². The lowest BCUT2D eigenvalue weighted by molar-refractivity contribution is -0.205. The molecule has 0 amide bonds. The van der Waals surface area contributed by atoms with E-state index >= 15 is 0 Å². The summed E-state index contributed by atoms with van der Waals surface area (Å²) >= 11 is 0. The highest BCUT2D eigenvalue weighted by Crippen LogP contribution is 2.43. The molecule has 0 bridgehead atoms. The van der Waals surface area contributed by atoms with Crippen molar-refractivity contribution in [2.24, 2.45) is 0 Å². The van der Waals surface area contributed by atoms with Gasteiger partial charge < -0.3 is 9.47 Å². The van der Waals surface area contributed by atoms with E-state index in [9.17, 15) is 13.6 Å². The zero-order valence-electron chi connectivity index (χ0n) is 13.0. The van der Waals surface area contributed by atoms with Crippen LogP contribution in [0.1, 0.15) is 28.8 Å². The van der Waals surface area contributed by atoms with Crippen LogP contribution in [0.5, 0.6) is 0 Å². The lowest BCUT2D eigenvalue weighted by atomic mass is 9.77. The summed E-state index contributed by atoms with van der Waals surface area (Å²) < 4.78 is 37.6. The number of ether oxygens (including phenoxy) is 2. The molecular formula is C19H18F2O3. The highest BCUT2D eigenvalue weighted by Gasteiger charge is 2.55. The second kappa shape index (κ2) is 7.09. The molecule has 0 aliphatic heterocycles. The molecule has 2 aromatic rings. The van der Waals surface area contributed by atoms with Crippen LogP contribution in [0, 0.1) is 0 Å². The first-order valence-corrected chi connectivity index (χ1v) is 7.81. The van der Waals surface area contributed by atoms with Crippen LogP contribution in [-0.4, -0.2) is 24.1 Å². The normalized spacial score (nSPS) is 22.9. The predicted octanol–water partition coefficient (Wildman–Crippen LogP) is 4.23. The molecule has 0 heterocycles. The average molecular weight is 332 g/mol. The van der Waals surface area contributed by atoms with Gasteiger partial charge in [0.25, 0.3) is 6.43 Å².